The van der Waals surface area contributed by atoms with Gasteiger partial charge in [0, 0.05) is 17.7 Å². The van der Waals surface area contributed by atoms with E-state index in [1.165, 1.54) is 24.3 Å². The van der Waals surface area contributed by atoms with Gasteiger partial charge in [0.15, 0.2) is 5.78 Å². The van der Waals surface area contributed by atoms with Crippen molar-refractivity contribution in [3.63, 3.8) is 0 Å². The van der Waals surface area contributed by atoms with Crippen molar-refractivity contribution in [3.8, 4) is 6.07 Å². The summed E-state index contributed by atoms with van der Waals surface area (Å²) < 4.78 is 0. The van der Waals surface area contributed by atoms with Crippen LogP contribution in [0.15, 0.2) is 24.3 Å². The molecule has 5 heteroatoms. The van der Waals surface area contributed by atoms with Crippen molar-refractivity contribution in [1.29, 1.82) is 5.26 Å². The van der Waals surface area contributed by atoms with Gasteiger partial charge in [-0.1, -0.05) is 13.8 Å². The molecule has 0 radical (unpaired) electrons. The van der Waals surface area contributed by atoms with Crippen molar-refractivity contribution >= 4 is 11.5 Å². The highest BCUT2D eigenvalue weighted by Gasteiger charge is 2.21. The first-order chi connectivity index (χ1) is 8.45. The number of nitro groups is 1. The summed E-state index contributed by atoms with van der Waals surface area (Å²) in [6.45, 7) is 3.88. The number of rotatable bonds is 5. The Morgan fingerprint density at radius 2 is 1.94 bits per heavy atom. The number of carbonyl (C=O) groups excluding carboxylic acids is 1. The topological polar surface area (TPSA) is 84.0 Å². The lowest BCUT2D eigenvalue weighted by Gasteiger charge is -2.10. The van der Waals surface area contributed by atoms with E-state index in [0.29, 0.717) is 12.0 Å². The van der Waals surface area contributed by atoms with E-state index in [4.69, 9.17) is 5.26 Å². The number of carbonyl (C=O) groups is 1. The number of benzene rings is 1. The zero-order valence-corrected chi connectivity index (χ0v) is 10.3. The predicted molar refractivity (Wildman–Crippen MR) is 66.0 cm³/mol. The fourth-order valence-electron chi connectivity index (χ4n) is 1.64. The first-order valence-electron chi connectivity index (χ1n) is 5.64. The normalized spacial score (nSPS) is 11.9. The van der Waals surface area contributed by atoms with Gasteiger partial charge in [-0.15, -0.1) is 0 Å². The SMILES string of the molecule is CC(C)CC(C#N)C(=O)c1ccc([N+](=O)[O-])cc1. The fraction of sp³-hybridized carbons (Fsp3) is 0.385. The van der Waals surface area contributed by atoms with E-state index in [2.05, 4.69) is 0 Å². The van der Waals surface area contributed by atoms with Crippen LogP contribution in [0.5, 0.6) is 0 Å². The zero-order chi connectivity index (χ0) is 13.7. The number of Topliss-reactive ketones (excluding diaryl/α,β-unsaturated/α-hetero) is 1. The first-order valence-corrected chi connectivity index (χ1v) is 5.64. The molecule has 0 amide bonds. The predicted octanol–water partition coefficient (Wildman–Crippen LogP) is 2.96. The Morgan fingerprint density at radius 3 is 2.33 bits per heavy atom. The van der Waals surface area contributed by atoms with Gasteiger partial charge in [-0.2, -0.15) is 5.26 Å². The Labute approximate surface area is 105 Å². The van der Waals surface area contributed by atoms with Crippen LogP contribution in [0.3, 0.4) is 0 Å². The molecule has 0 spiro atoms. The lowest BCUT2D eigenvalue weighted by molar-refractivity contribution is -0.384. The van der Waals surface area contributed by atoms with E-state index in [9.17, 15) is 14.9 Å². The standard InChI is InChI=1S/C13H14N2O3/c1-9(2)7-11(8-14)13(16)10-3-5-12(6-4-10)15(17)18/h3-6,9,11H,7H2,1-2H3. The zero-order valence-electron chi connectivity index (χ0n) is 10.3. The summed E-state index contributed by atoms with van der Waals surface area (Å²) >= 11 is 0. The summed E-state index contributed by atoms with van der Waals surface area (Å²) in [5, 5.41) is 19.5. The van der Waals surface area contributed by atoms with Gasteiger partial charge in [0.2, 0.25) is 0 Å². The largest absolute Gasteiger partial charge is 0.293 e. The molecular weight excluding hydrogens is 232 g/mol. The molecule has 0 fully saturated rings. The highest BCUT2D eigenvalue weighted by atomic mass is 16.6. The minimum atomic E-state index is -0.688. The molecule has 18 heavy (non-hydrogen) atoms. The van der Waals surface area contributed by atoms with Gasteiger partial charge >= 0.3 is 0 Å². The van der Waals surface area contributed by atoms with Gasteiger partial charge in [-0.25, -0.2) is 0 Å². The van der Waals surface area contributed by atoms with Crippen LogP contribution >= 0.6 is 0 Å². The molecule has 0 saturated heterocycles. The number of hydrogen-bond acceptors (Lipinski definition) is 4. The van der Waals surface area contributed by atoms with Crippen LogP contribution in [0.1, 0.15) is 30.6 Å². The second-order valence-electron chi connectivity index (χ2n) is 4.48. The van der Waals surface area contributed by atoms with E-state index in [-0.39, 0.29) is 17.4 Å². The lowest BCUT2D eigenvalue weighted by atomic mass is 9.91. The Bertz CT molecular complexity index is 486. The molecule has 0 aliphatic carbocycles. The van der Waals surface area contributed by atoms with E-state index < -0.39 is 10.8 Å². The van der Waals surface area contributed by atoms with Gasteiger partial charge < -0.3 is 0 Å². The van der Waals surface area contributed by atoms with Crippen molar-refractivity contribution in [2.45, 2.75) is 20.3 Å². The molecule has 0 saturated carbocycles. The summed E-state index contributed by atoms with van der Waals surface area (Å²) in [4.78, 5) is 22.0. The van der Waals surface area contributed by atoms with Crippen LogP contribution in [-0.2, 0) is 0 Å². The molecule has 1 rings (SSSR count). The minimum absolute atomic E-state index is 0.0658. The molecule has 5 nitrogen and oxygen atoms in total. The number of nitriles is 1. The summed E-state index contributed by atoms with van der Waals surface area (Å²) in [6.07, 6.45) is 0.492. The second-order valence-corrected chi connectivity index (χ2v) is 4.48. The smallest absolute Gasteiger partial charge is 0.269 e. The van der Waals surface area contributed by atoms with Crippen LogP contribution in [0, 0.1) is 33.3 Å². The molecule has 0 aromatic heterocycles. The third kappa shape index (κ3) is 3.39. The first kappa shape index (κ1) is 13.8. The monoisotopic (exact) mass is 246 g/mol. The molecule has 0 N–H and O–H groups in total. The van der Waals surface area contributed by atoms with E-state index in [1.807, 2.05) is 19.9 Å². The number of non-ortho nitro benzene ring substituents is 1. The Hall–Kier alpha value is -2.22. The maximum atomic E-state index is 12.0. The maximum Gasteiger partial charge on any atom is 0.269 e. The maximum absolute atomic E-state index is 12.0. The average molecular weight is 246 g/mol. The number of nitro benzene ring substituents is 1. The lowest BCUT2D eigenvalue weighted by Crippen LogP contribution is -2.15. The molecule has 0 aliphatic heterocycles. The van der Waals surface area contributed by atoms with Crippen LogP contribution in [0.25, 0.3) is 0 Å². The fourth-order valence-corrected chi connectivity index (χ4v) is 1.64. The van der Waals surface area contributed by atoms with Crippen LogP contribution in [0.4, 0.5) is 5.69 Å². The second kappa shape index (κ2) is 5.92. The average Bonchev–Trinajstić information content (AvgIpc) is 2.35. The van der Waals surface area contributed by atoms with E-state index in [0.717, 1.165) is 0 Å². The summed E-state index contributed by atoms with van der Waals surface area (Å²) in [6, 6.07) is 7.32. The van der Waals surface area contributed by atoms with Crippen LogP contribution < -0.4 is 0 Å². The Balaban J connectivity index is 2.89. The van der Waals surface area contributed by atoms with Crippen LogP contribution in [0.2, 0.25) is 0 Å². The molecule has 0 aliphatic rings. The molecule has 1 unspecified atom stereocenters. The third-order valence-electron chi connectivity index (χ3n) is 2.54. The molecule has 1 atom stereocenters. The van der Waals surface area contributed by atoms with Crippen molar-refractivity contribution in [2.75, 3.05) is 0 Å². The quantitative estimate of drug-likeness (QED) is 0.454. The van der Waals surface area contributed by atoms with Crippen molar-refractivity contribution < 1.29 is 9.72 Å². The summed E-state index contributed by atoms with van der Waals surface area (Å²) in [5.41, 5.74) is 0.275. The van der Waals surface area contributed by atoms with Gasteiger partial charge in [0.1, 0.15) is 5.92 Å². The molecule has 94 valence electrons. The molecule has 0 heterocycles. The number of nitrogens with zero attached hydrogens (tertiary/aromatic N) is 2. The molecule has 1 aromatic rings. The molecular formula is C13H14N2O3. The van der Waals surface area contributed by atoms with E-state index in [1.54, 1.807) is 0 Å². The van der Waals surface area contributed by atoms with Crippen molar-refractivity contribution in [1.82, 2.24) is 0 Å². The highest BCUT2D eigenvalue weighted by molar-refractivity contribution is 5.99. The number of hydrogen-bond donors (Lipinski definition) is 0. The van der Waals surface area contributed by atoms with Gasteiger partial charge in [0.05, 0.1) is 11.0 Å². The van der Waals surface area contributed by atoms with Gasteiger partial charge in [-0.05, 0) is 24.5 Å². The molecule has 0 bridgehead atoms. The van der Waals surface area contributed by atoms with E-state index >= 15 is 0 Å². The van der Waals surface area contributed by atoms with Crippen LogP contribution in [-0.4, -0.2) is 10.7 Å². The Kier molecular flexibility index (Phi) is 4.55. The minimum Gasteiger partial charge on any atom is -0.293 e. The van der Waals surface area contributed by atoms with Gasteiger partial charge in [0.25, 0.3) is 5.69 Å². The highest BCUT2D eigenvalue weighted by Crippen LogP contribution is 2.19. The number of ketones is 1. The summed E-state index contributed by atoms with van der Waals surface area (Å²) in [7, 11) is 0. The third-order valence-corrected chi connectivity index (χ3v) is 2.54. The summed E-state index contributed by atoms with van der Waals surface area (Å²) in [5.74, 6) is -0.718. The Morgan fingerprint density at radius 1 is 1.39 bits per heavy atom. The van der Waals surface area contributed by atoms with Crippen molar-refractivity contribution in [2.24, 2.45) is 11.8 Å². The molecule has 1 aromatic carbocycles. The van der Waals surface area contributed by atoms with Crippen molar-refractivity contribution in [3.05, 3.63) is 39.9 Å². The van der Waals surface area contributed by atoms with Gasteiger partial charge in [-0.3, -0.25) is 14.9 Å².